The van der Waals surface area contributed by atoms with Crippen molar-refractivity contribution in [2.75, 3.05) is 13.6 Å². The molecular formula is C21H27NO3Si. The topological polar surface area (TPSA) is 41.9 Å². The predicted octanol–water partition coefficient (Wildman–Crippen LogP) is 2.71. The SMILES string of the molecule is CCCC[Si]Oc1ccc2c3c1O[C@H]1[C@@H](O)C=C[C@H]4[C@@H](C2)N(C)CC[C@@]341. The molecule has 1 aromatic carbocycles. The van der Waals surface area contributed by atoms with Crippen molar-refractivity contribution < 1.29 is 14.3 Å². The highest BCUT2D eigenvalue weighted by atomic mass is 28.2. The third-order valence-electron chi connectivity index (χ3n) is 6.95. The molecule has 2 heterocycles. The number of likely N-dealkylation sites (N-methyl/N-ethyl adjacent to an activating group) is 1. The molecule has 1 spiro atoms. The minimum Gasteiger partial charge on any atom is -0.538 e. The van der Waals surface area contributed by atoms with Crippen molar-refractivity contribution in [2.24, 2.45) is 5.92 Å². The Balaban J connectivity index is 1.59. The largest absolute Gasteiger partial charge is 0.538 e. The van der Waals surface area contributed by atoms with E-state index in [1.54, 1.807) is 0 Å². The minimum atomic E-state index is -0.538. The Hall–Kier alpha value is -1.30. The van der Waals surface area contributed by atoms with Crippen LogP contribution >= 0.6 is 0 Å². The van der Waals surface area contributed by atoms with Gasteiger partial charge in [-0.15, -0.1) is 0 Å². The fraction of sp³-hybridized carbons (Fsp3) is 0.619. The first-order chi connectivity index (χ1) is 12.7. The van der Waals surface area contributed by atoms with Crippen molar-refractivity contribution >= 4 is 9.76 Å². The maximum Gasteiger partial charge on any atom is 0.310 e. The first-order valence-electron chi connectivity index (χ1n) is 9.96. The molecule has 2 bridgehead atoms. The van der Waals surface area contributed by atoms with Gasteiger partial charge in [-0.05, 0) is 44.1 Å². The van der Waals surface area contributed by atoms with Crippen molar-refractivity contribution in [3.8, 4) is 11.5 Å². The van der Waals surface area contributed by atoms with E-state index in [1.165, 1.54) is 24.0 Å². The second kappa shape index (κ2) is 6.11. The van der Waals surface area contributed by atoms with Crippen LogP contribution < -0.4 is 9.16 Å². The van der Waals surface area contributed by atoms with Crippen LogP contribution in [-0.2, 0) is 11.8 Å². The monoisotopic (exact) mass is 369 g/mol. The maximum absolute atomic E-state index is 10.7. The van der Waals surface area contributed by atoms with Gasteiger partial charge in [-0.25, -0.2) is 0 Å². The first kappa shape index (κ1) is 16.8. The summed E-state index contributed by atoms with van der Waals surface area (Å²) in [7, 11) is 2.71. The lowest BCUT2D eigenvalue weighted by molar-refractivity contribution is -0.0452. The summed E-state index contributed by atoms with van der Waals surface area (Å²) in [6.07, 6.45) is 8.00. The van der Waals surface area contributed by atoms with Crippen molar-refractivity contribution in [1.82, 2.24) is 4.90 Å². The average Bonchev–Trinajstić information content (AvgIpc) is 3.00. The fourth-order valence-corrected chi connectivity index (χ4v) is 6.60. The number of benzene rings is 1. The Bertz CT molecular complexity index is 751. The van der Waals surface area contributed by atoms with E-state index in [2.05, 4.69) is 37.1 Å². The van der Waals surface area contributed by atoms with E-state index >= 15 is 0 Å². The van der Waals surface area contributed by atoms with Crippen LogP contribution in [0.15, 0.2) is 24.3 Å². The van der Waals surface area contributed by atoms with Crippen LogP contribution in [0.25, 0.3) is 0 Å². The molecule has 5 heteroatoms. The zero-order valence-corrected chi connectivity index (χ0v) is 16.6. The molecule has 1 aromatic rings. The summed E-state index contributed by atoms with van der Waals surface area (Å²) in [5.41, 5.74) is 2.65. The van der Waals surface area contributed by atoms with Gasteiger partial charge in [0.25, 0.3) is 0 Å². The highest BCUT2D eigenvalue weighted by molar-refractivity contribution is 6.28. The van der Waals surface area contributed by atoms with Crippen molar-refractivity contribution in [3.63, 3.8) is 0 Å². The van der Waals surface area contributed by atoms with Gasteiger partial charge >= 0.3 is 9.76 Å². The van der Waals surface area contributed by atoms with Crippen LogP contribution in [0.3, 0.4) is 0 Å². The molecule has 4 nitrogen and oxygen atoms in total. The number of piperidine rings is 1. The molecule has 5 rings (SSSR count). The van der Waals surface area contributed by atoms with Crippen molar-refractivity contribution in [3.05, 3.63) is 35.4 Å². The van der Waals surface area contributed by atoms with Gasteiger partial charge in [-0.1, -0.05) is 38.0 Å². The molecule has 2 aliphatic carbocycles. The number of aliphatic hydroxyl groups excluding tert-OH is 1. The molecule has 138 valence electrons. The Kier molecular flexibility index (Phi) is 3.96. The molecule has 1 fully saturated rings. The first-order valence-corrected chi connectivity index (χ1v) is 11.1. The lowest BCUT2D eigenvalue weighted by Crippen LogP contribution is -2.64. The van der Waals surface area contributed by atoms with E-state index in [4.69, 9.17) is 9.16 Å². The van der Waals surface area contributed by atoms with Crippen LogP contribution in [0.4, 0.5) is 0 Å². The summed E-state index contributed by atoms with van der Waals surface area (Å²) in [6.45, 7) is 3.27. The van der Waals surface area contributed by atoms with Gasteiger partial charge in [-0.2, -0.15) is 0 Å². The molecule has 2 aliphatic heterocycles. The van der Waals surface area contributed by atoms with Crippen LogP contribution in [0.2, 0.25) is 6.04 Å². The molecule has 0 amide bonds. The minimum absolute atomic E-state index is 0.0832. The quantitative estimate of drug-likeness (QED) is 0.492. The standard InChI is InChI=1S/C21H27NO3Si/c1-3-4-11-26-25-17-8-5-13-12-15-14-6-7-16(23)20-21(14,9-10-22(15)2)18(13)19(17)24-20/h5-8,14-16,20,23H,3-4,9-12H2,1-2H3/t14-,15+,16-,20-,21-/m0/s1. The van der Waals surface area contributed by atoms with E-state index in [1.807, 2.05) is 6.08 Å². The number of aliphatic hydroxyl groups is 1. The highest BCUT2D eigenvalue weighted by Crippen LogP contribution is 2.62. The van der Waals surface area contributed by atoms with Gasteiger partial charge in [0.1, 0.15) is 18.0 Å². The van der Waals surface area contributed by atoms with E-state index in [9.17, 15) is 5.11 Å². The molecule has 0 unspecified atom stereocenters. The van der Waals surface area contributed by atoms with E-state index in [-0.39, 0.29) is 11.5 Å². The van der Waals surface area contributed by atoms with Gasteiger partial charge < -0.3 is 19.2 Å². The fourth-order valence-electron chi connectivity index (χ4n) is 5.69. The lowest BCUT2D eigenvalue weighted by atomic mass is 9.53. The van der Waals surface area contributed by atoms with Gasteiger partial charge in [-0.3, -0.25) is 0 Å². The lowest BCUT2D eigenvalue weighted by Gasteiger charge is -2.56. The molecule has 1 N–H and O–H groups in total. The van der Waals surface area contributed by atoms with Crippen LogP contribution in [0, 0.1) is 5.92 Å². The van der Waals surface area contributed by atoms with Crippen molar-refractivity contribution in [2.45, 2.75) is 62.3 Å². The zero-order chi connectivity index (χ0) is 17.9. The summed E-state index contributed by atoms with van der Waals surface area (Å²) in [5, 5.41) is 10.7. The van der Waals surface area contributed by atoms with Crippen molar-refractivity contribution in [1.29, 1.82) is 0 Å². The molecule has 5 atom stereocenters. The second-order valence-electron chi connectivity index (χ2n) is 8.26. The Morgan fingerprint density at radius 3 is 3.12 bits per heavy atom. The van der Waals surface area contributed by atoms with Gasteiger partial charge in [0.2, 0.25) is 0 Å². The molecule has 0 aromatic heterocycles. The van der Waals surface area contributed by atoms with Gasteiger partial charge in [0.05, 0.1) is 0 Å². The smallest absolute Gasteiger partial charge is 0.310 e. The molecule has 2 radical (unpaired) electrons. The number of nitrogens with zero attached hydrogens (tertiary/aromatic N) is 1. The average molecular weight is 370 g/mol. The van der Waals surface area contributed by atoms with E-state index < -0.39 is 6.10 Å². The normalized spacial score (nSPS) is 36.6. The Morgan fingerprint density at radius 1 is 1.38 bits per heavy atom. The zero-order valence-electron chi connectivity index (χ0n) is 15.6. The number of unbranched alkanes of at least 4 members (excludes halogenated alkanes) is 1. The van der Waals surface area contributed by atoms with Gasteiger partial charge in [0.15, 0.2) is 5.75 Å². The highest BCUT2D eigenvalue weighted by Gasteiger charge is 2.64. The number of ether oxygens (including phenoxy) is 1. The van der Waals surface area contributed by atoms with Crippen LogP contribution in [0.5, 0.6) is 11.5 Å². The molecule has 26 heavy (non-hydrogen) atoms. The maximum atomic E-state index is 10.7. The summed E-state index contributed by atoms with van der Waals surface area (Å²) in [4.78, 5) is 2.49. The molecule has 0 saturated carbocycles. The van der Waals surface area contributed by atoms with Gasteiger partial charge in [0, 0.05) is 22.9 Å². The molecule has 4 aliphatic rings. The molecular weight excluding hydrogens is 342 g/mol. The third kappa shape index (κ3) is 2.14. The predicted molar refractivity (Wildman–Crippen MR) is 102 cm³/mol. The van der Waals surface area contributed by atoms with Crippen LogP contribution in [-0.4, -0.2) is 51.6 Å². The number of likely N-dealkylation sites (tertiary alicyclic amines) is 1. The summed E-state index contributed by atoms with van der Waals surface area (Å²) >= 11 is 0. The second-order valence-corrected chi connectivity index (χ2v) is 9.25. The van der Waals surface area contributed by atoms with Crippen LogP contribution in [0.1, 0.15) is 37.3 Å². The molecule has 1 saturated heterocycles. The Morgan fingerprint density at radius 2 is 2.27 bits per heavy atom. The summed E-state index contributed by atoms with van der Waals surface area (Å²) in [6, 6.07) is 5.94. The summed E-state index contributed by atoms with van der Waals surface area (Å²) < 4.78 is 12.6. The Labute approximate surface area is 158 Å². The van der Waals surface area contributed by atoms with E-state index in [0.29, 0.717) is 21.7 Å². The number of rotatable bonds is 5. The number of hydrogen-bond acceptors (Lipinski definition) is 4. The number of hydrogen-bond donors (Lipinski definition) is 1. The van der Waals surface area contributed by atoms with E-state index in [0.717, 1.165) is 36.9 Å². The summed E-state index contributed by atoms with van der Waals surface area (Å²) in [5.74, 6) is 2.22. The third-order valence-corrected chi connectivity index (χ3v) is 7.87.